The lowest BCUT2D eigenvalue weighted by molar-refractivity contribution is 0.201. The first-order valence-electron chi connectivity index (χ1n) is 7.99. The average molecular weight is 329 g/mol. The maximum Gasteiger partial charge on any atom is 0.317 e. The topological polar surface area (TPSA) is 45.2 Å². The second-order valence-corrected chi connectivity index (χ2v) is 7.39. The normalized spacial score (nSPS) is 16.7. The van der Waals surface area contributed by atoms with Gasteiger partial charge in [-0.05, 0) is 32.3 Å². The van der Waals surface area contributed by atoms with E-state index in [-0.39, 0.29) is 17.5 Å². The summed E-state index contributed by atoms with van der Waals surface area (Å²) in [6, 6.07) is 10.4. The predicted molar refractivity (Wildman–Crippen MR) is 93.8 cm³/mol. The van der Waals surface area contributed by atoms with Crippen LogP contribution in [-0.2, 0) is 5.41 Å². The largest absolute Gasteiger partial charge is 0.329 e. The van der Waals surface area contributed by atoms with Crippen LogP contribution in [0.5, 0.6) is 0 Å². The van der Waals surface area contributed by atoms with Crippen molar-refractivity contribution in [2.24, 2.45) is 0 Å². The van der Waals surface area contributed by atoms with E-state index in [9.17, 15) is 4.79 Å². The first-order valence-corrected chi connectivity index (χ1v) is 8.87. The lowest BCUT2D eigenvalue weighted by Crippen LogP contribution is -2.42. The summed E-state index contributed by atoms with van der Waals surface area (Å²) >= 11 is 1.59. The number of hydrogen-bond acceptors (Lipinski definition) is 3. The smallest absolute Gasteiger partial charge is 0.317 e. The van der Waals surface area contributed by atoms with Crippen LogP contribution in [0.2, 0.25) is 0 Å². The van der Waals surface area contributed by atoms with Crippen LogP contribution in [0.15, 0.2) is 35.7 Å². The molecule has 1 aromatic heterocycles. The number of benzene rings is 1. The standard InChI is InChI=1S/C18H23N3OS/c1-13-11-23-16(19-13)14(2)20-17(22)21(3)12-18(9-10-18)15-7-5-4-6-8-15/h4-8,11,14H,9-10,12H2,1-3H3,(H,20,22). The Kier molecular flexibility index (Phi) is 4.39. The molecular formula is C18H23N3OS. The van der Waals surface area contributed by atoms with Gasteiger partial charge >= 0.3 is 6.03 Å². The van der Waals surface area contributed by atoms with Crippen LogP contribution in [0, 0.1) is 6.92 Å². The second-order valence-electron chi connectivity index (χ2n) is 6.50. The van der Waals surface area contributed by atoms with Gasteiger partial charge in [-0.2, -0.15) is 0 Å². The van der Waals surface area contributed by atoms with Crippen molar-refractivity contribution in [2.45, 2.75) is 38.1 Å². The van der Waals surface area contributed by atoms with Crippen LogP contribution >= 0.6 is 11.3 Å². The molecule has 4 nitrogen and oxygen atoms in total. The molecule has 1 fully saturated rings. The molecule has 1 atom stereocenters. The third-order valence-corrected chi connectivity index (χ3v) is 5.62. The van der Waals surface area contributed by atoms with Crippen LogP contribution in [0.4, 0.5) is 4.79 Å². The zero-order valence-electron chi connectivity index (χ0n) is 13.9. The molecule has 0 spiro atoms. The van der Waals surface area contributed by atoms with Gasteiger partial charge in [-0.3, -0.25) is 0 Å². The molecule has 1 N–H and O–H groups in total. The summed E-state index contributed by atoms with van der Waals surface area (Å²) in [6.45, 7) is 4.71. The highest BCUT2D eigenvalue weighted by Crippen LogP contribution is 2.48. The summed E-state index contributed by atoms with van der Waals surface area (Å²) in [6.07, 6.45) is 2.30. The van der Waals surface area contributed by atoms with Gasteiger partial charge in [0.2, 0.25) is 0 Å². The molecular weight excluding hydrogens is 306 g/mol. The highest BCUT2D eigenvalue weighted by molar-refractivity contribution is 7.09. The lowest BCUT2D eigenvalue weighted by atomic mass is 9.95. The van der Waals surface area contributed by atoms with Crippen LogP contribution in [0.25, 0.3) is 0 Å². The Labute approximate surface area is 141 Å². The Morgan fingerprint density at radius 1 is 1.39 bits per heavy atom. The Morgan fingerprint density at radius 2 is 2.09 bits per heavy atom. The third kappa shape index (κ3) is 3.55. The molecule has 1 saturated carbocycles. The molecule has 0 aliphatic heterocycles. The van der Waals surface area contributed by atoms with Gasteiger partial charge in [-0.1, -0.05) is 30.3 Å². The second kappa shape index (κ2) is 6.32. The van der Waals surface area contributed by atoms with Crippen LogP contribution in [0.3, 0.4) is 0 Å². The number of carbonyl (C=O) groups excluding carboxylic acids is 1. The average Bonchev–Trinajstić information content (AvgIpc) is 3.20. The molecule has 0 bridgehead atoms. The zero-order valence-corrected chi connectivity index (χ0v) is 14.7. The highest BCUT2D eigenvalue weighted by atomic mass is 32.1. The molecule has 2 aromatic rings. The van der Waals surface area contributed by atoms with E-state index in [1.54, 1.807) is 16.2 Å². The van der Waals surface area contributed by atoms with Crippen molar-refractivity contribution >= 4 is 17.4 Å². The van der Waals surface area contributed by atoms with Crippen molar-refractivity contribution in [1.29, 1.82) is 0 Å². The Hall–Kier alpha value is -1.88. The first kappa shape index (κ1) is 16.0. The van der Waals surface area contributed by atoms with Gasteiger partial charge in [0.05, 0.1) is 6.04 Å². The number of amides is 2. The van der Waals surface area contributed by atoms with Crippen molar-refractivity contribution in [2.75, 3.05) is 13.6 Å². The van der Waals surface area contributed by atoms with Crippen molar-refractivity contribution in [3.63, 3.8) is 0 Å². The van der Waals surface area contributed by atoms with Crippen molar-refractivity contribution in [3.8, 4) is 0 Å². The summed E-state index contributed by atoms with van der Waals surface area (Å²) in [7, 11) is 1.87. The number of carbonyl (C=O) groups is 1. The van der Waals surface area contributed by atoms with E-state index >= 15 is 0 Å². The Balaban J connectivity index is 1.60. The van der Waals surface area contributed by atoms with Gasteiger partial charge < -0.3 is 10.2 Å². The van der Waals surface area contributed by atoms with Crippen LogP contribution < -0.4 is 5.32 Å². The van der Waals surface area contributed by atoms with E-state index in [2.05, 4.69) is 34.6 Å². The third-order valence-electron chi connectivity index (χ3n) is 4.47. The monoisotopic (exact) mass is 329 g/mol. The number of nitrogens with one attached hydrogen (secondary N) is 1. The molecule has 1 heterocycles. The van der Waals surface area contributed by atoms with Crippen molar-refractivity contribution in [3.05, 3.63) is 52.0 Å². The maximum atomic E-state index is 12.5. The van der Waals surface area contributed by atoms with Gasteiger partial charge in [0.25, 0.3) is 0 Å². The fourth-order valence-corrected chi connectivity index (χ4v) is 3.74. The van der Waals surface area contributed by atoms with E-state index in [1.165, 1.54) is 5.56 Å². The van der Waals surface area contributed by atoms with E-state index in [1.807, 2.05) is 32.3 Å². The molecule has 122 valence electrons. The fourth-order valence-electron chi connectivity index (χ4n) is 2.93. The molecule has 0 radical (unpaired) electrons. The minimum Gasteiger partial charge on any atom is -0.329 e. The molecule has 1 unspecified atom stereocenters. The number of likely N-dealkylation sites (N-methyl/N-ethyl adjacent to an activating group) is 1. The number of hydrogen-bond donors (Lipinski definition) is 1. The van der Waals surface area contributed by atoms with Gasteiger partial charge in [-0.15, -0.1) is 11.3 Å². The summed E-state index contributed by atoms with van der Waals surface area (Å²) in [5, 5.41) is 6.01. The zero-order chi connectivity index (χ0) is 16.4. The minimum atomic E-state index is -0.0597. The van der Waals surface area contributed by atoms with Gasteiger partial charge in [0, 0.05) is 30.1 Å². The predicted octanol–water partition coefficient (Wildman–Crippen LogP) is 3.89. The molecule has 2 amide bonds. The van der Waals surface area contributed by atoms with Gasteiger partial charge in [-0.25, -0.2) is 9.78 Å². The summed E-state index contributed by atoms with van der Waals surface area (Å²) in [5.74, 6) is 0. The SMILES string of the molecule is Cc1csc(C(C)NC(=O)N(C)CC2(c3ccccc3)CC2)n1. The number of aryl methyl sites for hydroxylation is 1. The van der Waals surface area contributed by atoms with Crippen molar-refractivity contribution < 1.29 is 4.79 Å². The van der Waals surface area contributed by atoms with E-state index in [0.29, 0.717) is 0 Å². The van der Waals surface area contributed by atoms with E-state index < -0.39 is 0 Å². The molecule has 1 aromatic carbocycles. The number of nitrogens with zero attached hydrogens (tertiary/aromatic N) is 2. The van der Waals surface area contributed by atoms with Crippen LogP contribution in [-0.4, -0.2) is 29.5 Å². The molecule has 0 saturated heterocycles. The fraction of sp³-hybridized carbons (Fsp3) is 0.444. The van der Waals surface area contributed by atoms with Gasteiger partial charge in [0.1, 0.15) is 5.01 Å². The van der Waals surface area contributed by atoms with E-state index in [4.69, 9.17) is 0 Å². The van der Waals surface area contributed by atoms with Crippen molar-refractivity contribution in [1.82, 2.24) is 15.2 Å². The minimum absolute atomic E-state index is 0.0347. The molecule has 5 heteroatoms. The highest BCUT2D eigenvalue weighted by Gasteiger charge is 2.45. The van der Waals surface area contributed by atoms with Crippen LogP contribution in [0.1, 0.15) is 42.1 Å². The summed E-state index contributed by atoms with van der Waals surface area (Å²) < 4.78 is 0. The molecule has 3 rings (SSSR count). The number of rotatable bonds is 5. The lowest BCUT2D eigenvalue weighted by Gasteiger charge is -2.26. The molecule has 1 aliphatic rings. The van der Waals surface area contributed by atoms with Gasteiger partial charge in [0.15, 0.2) is 0 Å². The summed E-state index contributed by atoms with van der Waals surface area (Å²) in [4.78, 5) is 18.7. The summed E-state index contributed by atoms with van der Waals surface area (Å²) in [5.41, 5.74) is 2.48. The Bertz CT molecular complexity index is 679. The quantitative estimate of drug-likeness (QED) is 0.904. The molecule has 23 heavy (non-hydrogen) atoms. The molecule has 1 aliphatic carbocycles. The Morgan fingerprint density at radius 3 is 2.65 bits per heavy atom. The number of urea groups is 1. The first-order chi connectivity index (χ1) is 11.0. The number of aromatic nitrogens is 1. The number of thiazole rings is 1. The van der Waals surface area contributed by atoms with E-state index in [0.717, 1.165) is 30.1 Å². The maximum absolute atomic E-state index is 12.5.